The van der Waals surface area contributed by atoms with E-state index < -0.39 is 0 Å². The number of nitrogens with zero attached hydrogens (tertiary/aromatic N) is 1. The van der Waals surface area contributed by atoms with E-state index in [1.807, 2.05) is 0 Å². The SMILES string of the molecule is CN1CCC2(CCSC2)CC1. The third-order valence-corrected chi connectivity index (χ3v) is 4.54. The van der Waals surface area contributed by atoms with Crippen LogP contribution in [0.2, 0.25) is 0 Å². The normalized spacial score (nSPS) is 31.4. The van der Waals surface area contributed by atoms with Gasteiger partial charge in [-0.1, -0.05) is 0 Å². The zero-order valence-corrected chi connectivity index (χ0v) is 8.12. The molecule has 1 nitrogen and oxygen atoms in total. The molecule has 0 aromatic rings. The minimum Gasteiger partial charge on any atom is -0.306 e. The van der Waals surface area contributed by atoms with Gasteiger partial charge < -0.3 is 4.90 Å². The Labute approximate surface area is 73.5 Å². The summed E-state index contributed by atoms with van der Waals surface area (Å²) in [6.07, 6.45) is 4.40. The van der Waals surface area contributed by atoms with Gasteiger partial charge in [0.2, 0.25) is 0 Å². The van der Waals surface area contributed by atoms with E-state index >= 15 is 0 Å². The molecular weight excluding hydrogens is 154 g/mol. The van der Waals surface area contributed by atoms with Crippen LogP contribution in [0.4, 0.5) is 0 Å². The van der Waals surface area contributed by atoms with Crippen LogP contribution in [0.3, 0.4) is 0 Å². The van der Waals surface area contributed by atoms with Crippen LogP contribution in [-0.2, 0) is 0 Å². The van der Waals surface area contributed by atoms with E-state index in [0.717, 1.165) is 5.41 Å². The Bertz CT molecular complexity index is 130. The molecule has 2 rings (SSSR count). The largest absolute Gasteiger partial charge is 0.306 e. The van der Waals surface area contributed by atoms with E-state index in [1.54, 1.807) is 0 Å². The Hall–Kier alpha value is 0.310. The number of thioether (sulfide) groups is 1. The van der Waals surface area contributed by atoms with E-state index in [0.29, 0.717) is 0 Å². The highest BCUT2D eigenvalue weighted by Gasteiger charge is 2.36. The summed E-state index contributed by atoms with van der Waals surface area (Å²) >= 11 is 2.16. The van der Waals surface area contributed by atoms with Crippen LogP contribution in [0.5, 0.6) is 0 Å². The van der Waals surface area contributed by atoms with E-state index in [1.165, 1.54) is 43.9 Å². The molecule has 64 valence electrons. The Kier molecular flexibility index (Phi) is 2.15. The standard InChI is InChI=1S/C9H17NS/c1-10-5-2-9(3-6-10)4-7-11-8-9/h2-8H2,1H3. The number of likely N-dealkylation sites (tertiary alicyclic amines) is 1. The van der Waals surface area contributed by atoms with Crippen molar-refractivity contribution in [3.05, 3.63) is 0 Å². The minimum atomic E-state index is 0.775. The van der Waals surface area contributed by atoms with Crippen molar-refractivity contribution >= 4 is 11.8 Å². The minimum absolute atomic E-state index is 0.775. The van der Waals surface area contributed by atoms with Crippen molar-refractivity contribution in [1.29, 1.82) is 0 Å². The molecule has 0 bridgehead atoms. The summed E-state index contributed by atoms with van der Waals surface area (Å²) in [5.41, 5.74) is 0.775. The molecule has 0 amide bonds. The molecule has 0 radical (unpaired) electrons. The van der Waals surface area contributed by atoms with Crippen molar-refractivity contribution < 1.29 is 0 Å². The summed E-state index contributed by atoms with van der Waals surface area (Å²) in [5, 5.41) is 0. The first-order valence-corrected chi connectivity index (χ1v) is 5.73. The Balaban J connectivity index is 1.94. The summed E-state index contributed by atoms with van der Waals surface area (Å²) in [6.45, 7) is 2.67. The van der Waals surface area contributed by atoms with Gasteiger partial charge in [-0.3, -0.25) is 0 Å². The molecule has 0 atom stereocenters. The van der Waals surface area contributed by atoms with Gasteiger partial charge in [-0.15, -0.1) is 0 Å². The first kappa shape index (κ1) is 7.93. The fourth-order valence-corrected chi connectivity index (χ4v) is 3.72. The summed E-state index contributed by atoms with van der Waals surface area (Å²) in [7, 11) is 2.24. The summed E-state index contributed by atoms with van der Waals surface area (Å²) in [6, 6.07) is 0. The fraction of sp³-hybridized carbons (Fsp3) is 1.00. The second-order valence-electron chi connectivity index (χ2n) is 4.11. The van der Waals surface area contributed by atoms with Crippen molar-refractivity contribution in [2.75, 3.05) is 31.6 Å². The Morgan fingerprint density at radius 3 is 2.45 bits per heavy atom. The first-order valence-electron chi connectivity index (χ1n) is 4.57. The number of hydrogen-bond acceptors (Lipinski definition) is 2. The zero-order valence-electron chi connectivity index (χ0n) is 7.31. The van der Waals surface area contributed by atoms with Crippen molar-refractivity contribution in [3.63, 3.8) is 0 Å². The second kappa shape index (κ2) is 2.98. The second-order valence-corrected chi connectivity index (χ2v) is 5.21. The molecule has 1 spiro atoms. The molecule has 0 aromatic heterocycles. The lowest BCUT2D eigenvalue weighted by atomic mass is 9.78. The maximum absolute atomic E-state index is 2.47. The van der Waals surface area contributed by atoms with E-state index in [9.17, 15) is 0 Å². The molecule has 0 N–H and O–H groups in total. The molecule has 2 saturated heterocycles. The predicted octanol–water partition coefficient (Wildman–Crippen LogP) is 1.84. The van der Waals surface area contributed by atoms with Gasteiger partial charge >= 0.3 is 0 Å². The lowest BCUT2D eigenvalue weighted by Crippen LogP contribution is -2.37. The average molecular weight is 171 g/mol. The molecule has 0 aromatic carbocycles. The number of rotatable bonds is 0. The Morgan fingerprint density at radius 1 is 1.18 bits per heavy atom. The molecule has 2 fully saturated rings. The van der Waals surface area contributed by atoms with Crippen molar-refractivity contribution in [3.8, 4) is 0 Å². The van der Waals surface area contributed by atoms with Crippen molar-refractivity contribution in [1.82, 2.24) is 4.90 Å². The Morgan fingerprint density at radius 2 is 1.91 bits per heavy atom. The quantitative estimate of drug-likeness (QED) is 0.547. The van der Waals surface area contributed by atoms with Gasteiger partial charge in [-0.2, -0.15) is 11.8 Å². The van der Waals surface area contributed by atoms with E-state index in [4.69, 9.17) is 0 Å². The lowest BCUT2D eigenvalue weighted by molar-refractivity contribution is 0.146. The van der Waals surface area contributed by atoms with Gasteiger partial charge in [-0.25, -0.2) is 0 Å². The first-order chi connectivity index (χ1) is 5.31. The third-order valence-electron chi connectivity index (χ3n) is 3.23. The van der Waals surface area contributed by atoms with Crippen molar-refractivity contribution in [2.45, 2.75) is 19.3 Å². The van der Waals surface area contributed by atoms with Crippen LogP contribution in [0.1, 0.15) is 19.3 Å². The van der Waals surface area contributed by atoms with Gasteiger partial charge in [0.1, 0.15) is 0 Å². The molecule has 2 heteroatoms. The topological polar surface area (TPSA) is 3.24 Å². The summed E-state index contributed by atoms with van der Waals surface area (Å²) < 4.78 is 0. The van der Waals surface area contributed by atoms with Crippen LogP contribution < -0.4 is 0 Å². The molecular formula is C9H17NS. The molecule has 2 aliphatic rings. The average Bonchev–Trinajstić information content (AvgIpc) is 2.45. The third kappa shape index (κ3) is 1.57. The molecule has 0 aliphatic carbocycles. The maximum Gasteiger partial charge on any atom is -0.000955 e. The maximum atomic E-state index is 2.47. The van der Waals surface area contributed by atoms with Gasteiger partial charge in [0, 0.05) is 0 Å². The number of hydrogen-bond donors (Lipinski definition) is 0. The predicted molar refractivity (Wildman–Crippen MR) is 51.1 cm³/mol. The van der Waals surface area contributed by atoms with Crippen LogP contribution in [0.15, 0.2) is 0 Å². The van der Waals surface area contributed by atoms with E-state index in [-0.39, 0.29) is 0 Å². The molecule has 0 saturated carbocycles. The van der Waals surface area contributed by atoms with Crippen molar-refractivity contribution in [2.24, 2.45) is 5.41 Å². The molecule has 2 heterocycles. The van der Waals surface area contributed by atoms with Crippen LogP contribution >= 0.6 is 11.8 Å². The van der Waals surface area contributed by atoms with Gasteiger partial charge in [0.05, 0.1) is 0 Å². The smallest absolute Gasteiger partial charge is 0.000955 e. The van der Waals surface area contributed by atoms with Crippen LogP contribution in [0.25, 0.3) is 0 Å². The van der Waals surface area contributed by atoms with Gasteiger partial charge in [-0.05, 0) is 56.3 Å². The fourth-order valence-electron chi connectivity index (χ4n) is 2.14. The molecule has 0 unspecified atom stereocenters. The lowest BCUT2D eigenvalue weighted by Gasteiger charge is -2.37. The highest BCUT2D eigenvalue weighted by atomic mass is 32.2. The van der Waals surface area contributed by atoms with Gasteiger partial charge in [0.25, 0.3) is 0 Å². The highest BCUT2D eigenvalue weighted by molar-refractivity contribution is 7.99. The highest BCUT2D eigenvalue weighted by Crippen LogP contribution is 2.43. The summed E-state index contributed by atoms with van der Waals surface area (Å²) in [4.78, 5) is 2.47. The number of piperidine rings is 1. The zero-order chi connectivity index (χ0) is 7.73. The van der Waals surface area contributed by atoms with Gasteiger partial charge in [0.15, 0.2) is 0 Å². The van der Waals surface area contributed by atoms with E-state index in [2.05, 4.69) is 23.7 Å². The summed E-state index contributed by atoms with van der Waals surface area (Å²) in [5.74, 6) is 2.87. The monoisotopic (exact) mass is 171 g/mol. The molecule has 11 heavy (non-hydrogen) atoms. The van der Waals surface area contributed by atoms with Crippen LogP contribution in [0, 0.1) is 5.41 Å². The van der Waals surface area contributed by atoms with Crippen LogP contribution in [-0.4, -0.2) is 36.5 Å². The molecule has 2 aliphatic heterocycles.